The van der Waals surface area contributed by atoms with Gasteiger partial charge in [-0.25, -0.2) is 14.4 Å². The van der Waals surface area contributed by atoms with Crippen LogP contribution in [0.2, 0.25) is 0 Å². The summed E-state index contributed by atoms with van der Waals surface area (Å²) in [6, 6.07) is 8.87. The van der Waals surface area contributed by atoms with Crippen LogP contribution in [-0.4, -0.2) is 17.0 Å². The van der Waals surface area contributed by atoms with E-state index in [0.717, 1.165) is 21.7 Å². The van der Waals surface area contributed by atoms with E-state index in [-0.39, 0.29) is 5.82 Å². The van der Waals surface area contributed by atoms with E-state index in [2.05, 4.69) is 15.3 Å². The molecule has 1 N–H and O–H groups in total. The summed E-state index contributed by atoms with van der Waals surface area (Å²) in [7, 11) is 1.76. The second-order valence-corrected chi connectivity index (χ2v) is 5.22. The van der Waals surface area contributed by atoms with Gasteiger partial charge in [0.25, 0.3) is 0 Å². The molecule has 5 heteroatoms. The molecule has 2 aromatic heterocycles. The molecule has 0 fully saturated rings. The molecule has 0 atom stereocenters. The quantitative estimate of drug-likeness (QED) is 0.733. The van der Waals surface area contributed by atoms with Crippen molar-refractivity contribution in [1.82, 2.24) is 9.97 Å². The van der Waals surface area contributed by atoms with Crippen molar-refractivity contribution in [2.24, 2.45) is 0 Å². The fourth-order valence-electron chi connectivity index (χ4n) is 1.87. The van der Waals surface area contributed by atoms with Gasteiger partial charge in [0.15, 0.2) is 0 Å². The largest absolute Gasteiger partial charge is 0.388 e. The van der Waals surface area contributed by atoms with E-state index in [4.69, 9.17) is 0 Å². The summed E-state index contributed by atoms with van der Waals surface area (Å²) in [5, 5.41) is 3.57. The first-order chi connectivity index (χ1) is 10.2. The molecular formula is C16H18FN3S. The molecule has 2 heterocycles. The zero-order valence-corrected chi connectivity index (χ0v) is 13.4. The van der Waals surface area contributed by atoms with Crippen LogP contribution >= 0.6 is 11.3 Å². The molecule has 3 aromatic rings. The summed E-state index contributed by atoms with van der Waals surface area (Å²) < 4.78 is 14.0. The van der Waals surface area contributed by atoms with Gasteiger partial charge in [0, 0.05) is 24.0 Å². The van der Waals surface area contributed by atoms with Gasteiger partial charge in [-0.1, -0.05) is 25.2 Å². The lowest BCUT2D eigenvalue weighted by atomic mass is 10.2. The SMILES string of the molecule is CC.CNc1ccc(-c2nc3ccc(C)nc3s2)c(F)c1. The van der Waals surface area contributed by atoms with Gasteiger partial charge in [-0.15, -0.1) is 0 Å². The van der Waals surface area contributed by atoms with Crippen LogP contribution in [0.1, 0.15) is 19.5 Å². The van der Waals surface area contributed by atoms with Crippen LogP contribution in [0.25, 0.3) is 20.9 Å². The topological polar surface area (TPSA) is 37.8 Å². The Morgan fingerprint density at radius 3 is 2.52 bits per heavy atom. The maximum Gasteiger partial charge on any atom is 0.144 e. The van der Waals surface area contributed by atoms with Crippen molar-refractivity contribution in [2.75, 3.05) is 12.4 Å². The van der Waals surface area contributed by atoms with Crippen LogP contribution < -0.4 is 5.32 Å². The monoisotopic (exact) mass is 303 g/mol. The predicted molar refractivity (Wildman–Crippen MR) is 88.4 cm³/mol. The minimum absolute atomic E-state index is 0.275. The number of halogens is 1. The Morgan fingerprint density at radius 1 is 1.10 bits per heavy atom. The summed E-state index contributed by atoms with van der Waals surface area (Å²) in [5.41, 5.74) is 3.01. The van der Waals surface area contributed by atoms with E-state index in [0.29, 0.717) is 10.6 Å². The van der Waals surface area contributed by atoms with Crippen molar-refractivity contribution in [3.63, 3.8) is 0 Å². The molecule has 21 heavy (non-hydrogen) atoms. The smallest absolute Gasteiger partial charge is 0.144 e. The molecule has 0 aliphatic heterocycles. The molecule has 1 aromatic carbocycles. The third-order valence-corrected chi connectivity index (χ3v) is 3.88. The molecule has 3 rings (SSSR count). The Bertz CT molecular complexity index is 752. The highest BCUT2D eigenvalue weighted by molar-refractivity contribution is 7.21. The van der Waals surface area contributed by atoms with E-state index >= 15 is 0 Å². The second kappa shape index (κ2) is 6.63. The molecule has 0 aliphatic rings. The Hall–Kier alpha value is -2.01. The van der Waals surface area contributed by atoms with Gasteiger partial charge in [0.1, 0.15) is 21.2 Å². The first kappa shape index (κ1) is 15.4. The maximum atomic E-state index is 14.0. The molecule has 0 radical (unpaired) electrons. The summed E-state index contributed by atoms with van der Waals surface area (Å²) in [5.74, 6) is -0.275. The molecule has 0 saturated carbocycles. The van der Waals surface area contributed by atoms with Gasteiger partial charge >= 0.3 is 0 Å². The van der Waals surface area contributed by atoms with E-state index in [1.807, 2.05) is 39.0 Å². The number of pyridine rings is 1. The van der Waals surface area contributed by atoms with E-state index in [1.165, 1.54) is 17.4 Å². The minimum atomic E-state index is -0.275. The molecule has 0 aliphatic carbocycles. The van der Waals surface area contributed by atoms with Crippen molar-refractivity contribution >= 4 is 27.4 Å². The minimum Gasteiger partial charge on any atom is -0.388 e. The number of hydrogen-bond donors (Lipinski definition) is 1. The average molecular weight is 303 g/mol. The fourth-order valence-corrected chi connectivity index (χ4v) is 2.88. The lowest BCUT2D eigenvalue weighted by Crippen LogP contribution is -1.90. The van der Waals surface area contributed by atoms with Crippen molar-refractivity contribution in [3.8, 4) is 10.6 Å². The number of nitrogens with zero attached hydrogens (tertiary/aromatic N) is 2. The Labute approximate surface area is 127 Å². The zero-order valence-electron chi connectivity index (χ0n) is 12.6. The first-order valence-corrected chi connectivity index (χ1v) is 7.71. The number of nitrogens with one attached hydrogen (secondary N) is 1. The number of fused-ring (bicyclic) bond motifs is 1. The number of benzene rings is 1. The number of aryl methyl sites for hydroxylation is 1. The highest BCUT2D eigenvalue weighted by atomic mass is 32.1. The van der Waals surface area contributed by atoms with E-state index in [9.17, 15) is 4.39 Å². The van der Waals surface area contributed by atoms with Crippen LogP contribution in [0.4, 0.5) is 10.1 Å². The number of thiazole rings is 1. The molecule has 0 bridgehead atoms. The fraction of sp³-hybridized carbons (Fsp3) is 0.250. The third kappa shape index (κ3) is 3.19. The van der Waals surface area contributed by atoms with Crippen molar-refractivity contribution in [1.29, 1.82) is 0 Å². The van der Waals surface area contributed by atoms with Crippen LogP contribution in [0.5, 0.6) is 0 Å². The van der Waals surface area contributed by atoms with Gasteiger partial charge in [0.05, 0.1) is 0 Å². The molecule has 0 unspecified atom stereocenters. The predicted octanol–water partition coefficient (Wildman–Crippen LogP) is 4.87. The number of aromatic nitrogens is 2. The normalized spacial score (nSPS) is 10.1. The Balaban J connectivity index is 0.000000774. The van der Waals surface area contributed by atoms with Crippen LogP contribution in [0.3, 0.4) is 0 Å². The third-order valence-electron chi connectivity index (χ3n) is 2.88. The summed E-state index contributed by atoms with van der Waals surface area (Å²) >= 11 is 1.41. The standard InChI is InChI=1S/C14H12FN3S.C2H6/c1-8-3-6-12-14(17-8)19-13(18-12)10-5-4-9(16-2)7-11(10)15;1-2/h3-7,16H,1-2H3;1-2H3. The summed E-state index contributed by atoms with van der Waals surface area (Å²) in [4.78, 5) is 9.68. The first-order valence-electron chi connectivity index (χ1n) is 6.89. The van der Waals surface area contributed by atoms with Crippen molar-refractivity contribution in [2.45, 2.75) is 20.8 Å². The molecule has 0 amide bonds. The lowest BCUT2D eigenvalue weighted by molar-refractivity contribution is 0.632. The van der Waals surface area contributed by atoms with Gasteiger partial charge in [-0.05, 0) is 37.3 Å². The highest BCUT2D eigenvalue weighted by Crippen LogP contribution is 2.31. The van der Waals surface area contributed by atoms with Crippen LogP contribution in [0, 0.1) is 12.7 Å². The number of hydrogen-bond acceptors (Lipinski definition) is 4. The second-order valence-electron chi connectivity index (χ2n) is 4.24. The summed E-state index contributed by atoms with van der Waals surface area (Å²) in [6.45, 7) is 5.93. The van der Waals surface area contributed by atoms with Gasteiger partial charge < -0.3 is 5.32 Å². The van der Waals surface area contributed by atoms with Crippen molar-refractivity contribution < 1.29 is 4.39 Å². The molecular weight excluding hydrogens is 285 g/mol. The van der Waals surface area contributed by atoms with E-state index < -0.39 is 0 Å². The van der Waals surface area contributed by atoms with Gasteiger partial charge in [-0.2, -0.15) is 0 Å². The van der Waals surface area contributed by atoms with Gasteiger partial charge in [-0.3, -0.25) is 0 Å². The van der Waals surface area contributed by atoms with Gasteiger partial charge in [0.2, 0.25) is 0 Å². The average Bonchev–Trinajstić information content (AvgIpc) is 2.91. The van der Waals surface area contributed by atoms with Crippen LogP contribution in [0.15, 0.2) is 30.3 Å². The molecule has 0 saturated heterocycles. The molecule has 0 spiro atoms. The zero-order chi connectivity index (χ0) is 15.4. The van der Waals surface area contributed by atoms with Crippen molar-refractivity contribution in [3.05, 3.63) is 41.8 Å². The number of anilines is 1. The Morgan fingerprint density at radius 2 is 1.86 bits per heavy atom. The van der Waals surface area contributed by atoms with E-state index in [1.54, 1.807) is 13.1 Å². The summed E-state index contributed by atoms with van der Waals surface area (Å²) in [6.07, 6.45) is 0. The number of rotatable bonds is 2. The molecule has 3 nitrogen and oxygen atoms in total. The van der Waals surface area contributed by atoms with Crippen LogP contribution in [-0.2, 0) is 0 Å². The Kier molecular flexibility index (Phi) is 4.85. The molecule has 110 valence electrons. The maximum absolute atomic E-state index is 14.0. The highest BCUT2D eigenvalue weighted by Gasteiger charge is 2.12. The lowest BCUT2D eigenvalue weighted by Gasteiger charge is -2.02.